The molecule has 0 aromatic rings. The van der Waals surface area contributed by atoms with Crippen molar-refractivity contribution in [3.8, 4) is 0 Å². The summed E-state index contributed by atoms with van der Waals surface area (Å²) in [6.45, 7) is 6.39. The molecule has 21 atom stereocenters. The fraction of sp³-hybridized carbons (Fsp3) is 1.00. The third-order valence-electron chi connectivity index (χ3n) is 10.2. The van der Waals surface area contributed by atoms with E-state index < -0.39 is 136 Å². The number of aliphatic hydroxyl groups excluding tert-OH is 7. The predicted octanol–water partition coefficient (Wildman–Crippen LogP) is -2.39. The number of methoxy groups -OCH3 is 2. The molecular weight excluding hydrogens is 672 g/mol. The van der Waals surface area contributed by atoms with Gasteiger partial charge in [-0.1, -0.05) is 0 Å². The molecule has 7 N–H and O–H groups in total. The van der Waals surface area contributed by atoms with Gasteiger partial charge < -0.3 is 87.9 Å². The molecule has 0 bridgehead atoms. The summed E-state index contributed by atoms with van der Waals surface area (Å²) in [5.41, 5.74) is 0. The number of rotatable bonds is 11. The summed E-state index contributed by atoms with van der Waals surface area (Å²) in [5.74, 6) is 0. The summed E-state index contributed by atoms with van der Waals surface area (Å²) in [6, 6.07) is 0. The molecule has 5 fully saturated rings. The fourth-order valence-corrected chi connectivity index (χ4v) is 7.43. The summed E-state index contributed by atoms with van der Waals surface area (Å²) in [5, 5.41) is 71.6. The van der Waals surface area contributed by atoms with Crippen LogP contribution in [0.25, 0.3) is 0 Å². The summed E-state index contributed by atoms with van der Waals surface area (Å²) in [4.78, 5) is 0. The third kappa shape index (κ3) is 9.14. The molecule has 0 saturated carbocycles. The van der Waals surface area contributed by atoms with Gasteiger partial charge in [0.2, 0.25) is 0 Å². The van der Waals surface area contributed by atoms with Crippen LogP contribution in [0.2, 0.25) is 0 Å². The van der Waals surface area contributed by atoms with Crippen LogP contribution in [0.15, 0.2) is 0 Å². The molecule has 292 valence electrons. The zero-order valence-electron chi connectivity index (χ0n) is 29.3. The molecule has 50 heavy (non-hydrogen) atoms. The summed E-state index contributed by atoms with van der Waals surface area (Å²) < 4.78 is 65.2. The Hall–Kier alpha value is -0.720. The smallest absolute Gasteiger partial charge is 0.187 e. The molecule has 0 radical (unpaired) electrons. The number of hydrogen-bond donors (Lipinski definition) is 7. The van der Waals surface area contributed by atoms with E-state index in [1.807, 2.05) is 6.92 Å². The standard InChI is InChI=1S/C32H56O18/c1-12-28(16(34)7-21(36)42-12)47-23-9-18(40-5)30(14(3)44-23)49-22-8-17(35)29(13(2)43-22)48-24-10-19(41-6)31(15(4)45-24)50-32-27(39)26(38)25(37)20(11-33)46-32/h12-39H,7-11H2,1-6H3/t12-,13-,14-,15-,16+,17+,18-,19+,20-,21?,22+,23+,24+,25-,26+,27-,28-,29-,30-,31-,32+/m1/s1. The Balaban J connectivity index is 1.12. The SMILES string of the molecule is CO[C@H]1C[C@H](O[C@H]2[C@@H](O)C[C@H](O[C@@H]3[C@@H](C)O[C@@H](O[C@H]4[C@@H](O)CC(O)O[C@@H]4C)C[C@H]3OC)O[C@@H]2C)O[C@H](C)[C@H]1O[C@@H]1O[C@H](CO)[C@@H](O)[C@H](O)[C@H]1O. The van der Waals surface area contributed by atoms with Gasteiger partial charge in [-0.15, -0.1) is 0 Å². The van der Waals surface area contributed by atoms with Gasteiger partial charge in [0.05, 0.1) is 55.4 Å². The van der Waals surface area contributed by atoms with E-state index in [1.54, 1.807) is 27.9 Å². The second-order valence-electron chi connectivity index (χ2n) is 13.8. The van der Waals surface area contributed by atoms with Crippen molar-refractivity contribution in [1.29, 1.82) is 0 Å². The van der Waals surface area contributed by atoms with Gasteiger partial charge in [-0.2, -0.15) is 0 Å². The lowest BCUT2D eigenvalue weighted by Crippen LogP contribution is -2.62. The van der Waals surface area contributed by atoms with E-state index in [-0.39, 0.29) is 19.3 Å². The Labute approximate surface area is 291 Å². The van der Waals surface area contributed by atoms with Crippen LogP contribution in [0, 0.1) is 0 Å². The minimum atomic E-state index is -1.60. The molecule has 1 unspecified atom stereocenters. The van der Waals surface area contributed by atoms with Crippen molar-refractivity contribution < 1.29 is 87.9 Å². The minimum absolute atomic E-state index is 0.0281. The lowest BCUT2D eigenvalue weighted by molar-refractivity contribution is -0.357. The maximum Gasteiger partial charge on any atom is 0.187 e. The first-order valence-corrected chi connectivity index (χ1v) is 17.4. The van der Waals surface area contributed by atoms with Gasteiger partial charge in [0.1, 0.15) is 48.8 Å². The van der Waals surface area contributed by atoms with E-state index in [4.69, 9.17) is 52.1 Å². The van der Waals surface area contributed by atoms with E-state index in [0.29, 0.717) is 6.42 Å². The van der Waals surface area contributed by atoms with E-state index in [9.17, 15) is 35.7 Å². The molecule has 5 rings (SSSR count). The molecule has 18 nitrogen and oxygen atoms in total. The average Bonchev–Trinajstić information content (AvgIpc) is 3.06. The molecule has 0 aliphatic carbocycles. The van der Waals surface area contributed by atoms with Gasteiger partial charge in [0, 0.05) is 39.9 Å². The van der Waals surface area contributed by atoms with Gasteiger partial charge in [0.25, 0.3) is 0 Å². The molecule has 0 amide bonds. The molecule has 5 aliphatic rings. The fourth-order valence-electron chi connectivity index (χ4n) is 7.43. The van der Waals surface area contributed by atoms with E-state index in [1.165, 1.54) is 7.11 Å². The van der Waals surface area contributed by atoms with Crippen LogP contribution in [0.3, 0.4) is 0 Å². The summed E-state index contributed by atoms with van der Waals surface area (Å²) in [6.07, 6.45) is -18.2. The molecule has 5 saturated heterocycles. The molecular formula is C32H56O18. The Morgan fingerprint density at radius 2 is 0.940 bits per heavy atom. The third-order valence-corrected chi connectivity index (χ3v) is 10.2. The summed E-state index contributed by atoms with van der Waals surface area (Å²) >= 11 is 0. The Kier molecular flexibility index (Phi) is 14.3. The van der Waals surface area contributed by atoms with Crippen molar-refractivity contribution in [3.63, 3.8) is 0 Å². The first-order valence-electron chi connectivity index (χ1n) is 17.4. The number of aliphatic hydroxyl groups is 7. The Bertz CT molecular complexity index is 1020. The zero-order chi connectivity index (χ0) is 36.4. The van der Waals surface area contributed by atoms with Gasteiger partial charge in [-0.3, -0.25) is 0 Å². The largest absolute Gasteiger partial charge is 0.394 e. The molecule has 0 aromatic heterocycles. The topological polar surface area (TPSA) is 243 Å². The average molecular weight is 729 g/mol. The van der Waals surface area contributed by atoms with Crippen molar-refractivity contribution in [1.82, 2.24) is 0 Å². The van der Waals surface area contributed by atoms with Crippen molar-refractivity contribution >= 4 is 0 Å². The van der Waals surface area contributed by atoms with Crippen LogP contribution >= 0.6 is 0 Å². The van der Waals surface area contributed by atoms with E-state index in [0.717, 1.165) is 0 Å². The van der Waals surface area contributed by atoms with Crippen molar-refractivity contribution in [2.75, 3.05) is 20.8 Å². The monoisotopic (exact) mass is 728 g/mol. The first-order chi connectivity index (χ1) is 23.7. The second-order valence-corrected chi connectivity index (χ2v) is 13.8. The lowest BCUT2D eigenvalue weighted by Gasteiger charge is -2.47. The highest BCUT2D eigenvalue weighted by molar-refractivity contribution is 4.93. The van der Waals surface area contributed by atoms with Crippen molar-refractivity contribution in [3.05, 3.63) is 0 Å². The maximum absolute atomic E-state index is 11.2. The lowest BCUT2D eigenvalue weighted by atomic mass is 9.98. The van der Waals surface area contributed by atoms with Crippen LogP contribution in [-0.4, -0.2) is 186 Å². The quantitative estimate of drug-likeness (QED) is 0.117. The molecule has 0 aromatic carbocycles. The van der Waals surface area contributed by atoms with Gasteiger partial charge in [-0.05, 0) is 27.7 Å². The first kappa shape index (κ1) is 40.5. The number of ether oxygens (including phenoxy) is 11. The van der Waals surface area contributed by atoms with Crippen LogP contribution < -0.4 is 0 Å². The van der Waals surface area contributed by atoms with Gasteiger partial charge in [-0.25, -0.2) is 0 Å². The molecule has 18 heteroatoms. The van der Waals surface area contributed by atoms with Crippen LogP contribution in [0.1, 0.15) is 53.4 Å². The van der Waals surface area contributed by atoms with Crippen molar-refractivity contribution in [2.45, 2.75) is 182 Å². The minimum Gasteiger partial charge on any atom is -0.394 e. The van der Waals surface area contributed by atoms with Gasteiger partial charge in [0.15, 0.2) is 31.5 Å². The summed E-state index contributed by atoms with van der Waals surface area (Å²) in [7, 11) is 3.03. The zero-order valence-corrected chi connectivity index (χ0v) is 29.3. The highest BCUT2D eigenvalue weighted by Gasteiger charge is 2.50. The number of hydrogen-bond acceptors (Lipinski definition) is 18. The Morgan fingerprint density at radius 1 is 0.500 bits per heavy atom. The van der Waals surface area contributed by atoms with Crippen LogP contribution in [0.5, 0.6) is 0 Å². The highest BCUT2D eigenvalue weighted by Crippen LogP contribution is 2.35. The molecule has 5 heterocycles. The normalized spacial score (nSPS) is 52.1. The molecule has 5 aliphatic heterocycles. The van der Waals surface area contributed by atoms with E-state index >= 15 is 0 Å². The van der Waals surface area contributed by atoms with Gasteiger partial charge >= 0.3 is 0 Å². The Morgan fingerprint density at radius 3 is 1.42 bits per heavy atom. The van der Waals surface area contributed by atoms with Crippen molar-refractivity contribution in [2.24, 2.45) is 0 Å². The second kappa shape index (κ2) is 17.6. The van der Waals surface area contributed by atoms with Crippen LogP contribution in [-0.2, 0) is 52.1 Å². The van der Waals surface area contributed by atoms with Crippen LogP contribution in [0.4, 0.5) is 0 Å². The maximum atomic E-state index is 11.2. The van der Waals surface area contributed by atoms with E-state index in [2.05, 4.69) is 0 Å². The predicted molar refractivity (Wildman–Crippen MR) is 165 cm³/mol. The highest BCUT2D eigenvalue weighted by atomic mass is 16.8. The molecule has 0 spiro atoms.